The van der Waals surface area contributed by atoms with Crippen molar-refractivity contribution in [2.45, 2.75) is 13.0 Å². The maximum Gasteiger partial charge on any atom is 0.340 e. The summed E-state index contributed by atoms with van der Waals surface area (Å²) in [5.41, 5.74) is 0.702. The number of nitrogens with one attached hydrogen (secondary N) is 1. The normalized spacial score (nSPS) is 12.5. The molecule has 0 aliphatic carbocycles. The van der Waals surface area contributed by atoms with Gasteiger partial charge in [-0.3, -0.25) is 9.59 Å². The molecule has 0 saturated heterocycles. The first-order chi connectivity index (χ1) is 15.6. The lowest BCUT2D eigenvalue weighted by atomic mass is 10.1. The Kier molecular flexibility index (Phi) is 6.35. The molecule has 0 fully saturated rings. The van der Waals surface area contributed by atoms with Gasteiger partial charge in [-0.2, -0.15) is 0 Å². The van der Waals surface area contributed by atoms with E-state index >= 15 is 0 Å². The standard InChI is InChI=1S/C21H19N5O6/c27-17(14-6-7-18-19(10-14)31-9-3-8-30-18)12-32-21(29)15-4-1-2-5-16(15)23-20(28)11-26-13-22-24-25-26/h1-2,4-7,10,13H,3,8-9,11-12H2,(H,23,28). The summed E-state index contributed by atoms with van der Waals surface area (Å²) < 4.78 is 17.6. The highest BCUT2D eigenvalue weighted by molar-refractivity contribution is 6.03. The third kappa shape index (κ3) is 5.06. The molecule has 32 heavy (non-hydrogen) atoms. The second-order valence-electron chi connectivity index (χ2n) is 6.81. The van der Waals surface area contributed by atoms with Crippen LogP contribution < -0.4 is 14.8 Å². The summed E-state index contributed by atoms with van der Waals surface area (Å²) in [7, 11) is 0. The summed E-state index contributed by atoms with van der Waals surface area (Å²) >= 11 is 0. The molecule has 1 aliphatic rings. The molecule has 1 amide bonds. The predicted molar refractivity (Wildman–Crippen MR) is 110 cm³/mol. The molecule has 0 atom stereocenters. The Labute approximate surface area is 182 Å². The van der Waals surface area contributed by atoms with Crippen LogP contribution in [0.5, 0.6) is 11.5 Å². The topological polar surface area (TPSA) is 135 Å². The Balaban J connectivity index is 1.38. The molecule has 3 aromatic rings. The predicted octanol–water partition coefficient (Wildman–Crippen LogP) is 1.51. The van der Waals surface area contributed by atoms with E-state index < -0.39 is 24.3 Å². The van der Waals surface area contributed by atoms with Gasteiger partial charge in [-0.05, 0) is 40.8 Å². The molecule has 1 aliphatic heterocycles. The summed E-state index contributed by atoms with van der Waals surface area (Å²) in [6.07, 6.45) is 2.05. The van der Waals surface area contributed by atoms with Crippen molar-refractivity contribution in [2.75, 3.05) is 25.1 Å². The van der Waals surface area contributed by atoms with Crippen molar-refractivity contribution in [1.82, 2.24) is 20.2 Å². The van der Waals surface area contributed by atoms with Crippen LogP contribution in [-0.2, 0) is 16.1 Å². The smallest absolute Gasteiger partial charge is 0.340 e. The molecule has 0 unspecified atom stereocenters. The van der Waals surface area contributed by atoms with Gasteiger partial charge in [0.2, 0.25) is 5.91 Å². The van der Waals surface area contributed by atoms with E-state index in [1.165, 1.54) is 17.1 Å². The Morgan fingerprint density at radius 3 is 2.69 bits per heavy atom. The first-order valence-corrected chi connectivity index (χ1v) is 9.80. The van der Waals surface area contributed by atoms with E-state index in [1.807, 2.05) is 0 Å². The van der Waals surface area contributed by atoms with Gasteiger partial charge >= 0.3 is 5.97 Å². The van der Waals surface area contributed by atoms with Gasteiger partial charge in [-0.15, -0.1) is 5.10 Å². The molecule has 2 heterocycles. The van der Waals surface area contributed by atoms with Crippen LogP contribution in [0.15, 0.2) is 48.8 Å². The summed E-state index contributed by atoms with van der Waals surface area (Å²) in [6.45, 7) is 0.448. The van der Waals surface area contributed by atoms with E-state index in [2.05, 4.69) is 20.8 Å². The van der Waals surface area contributed by atoms with E-state index in [-0.39, 0.29) is 17.8 Å². The van der Waals surface area contributed by atoms with E-state index in [4.69, 9.17) is 14.2 Å². The van der Waals surface area contributed by atoms with Gasteiger partial charge in [-0.1, -0.05) is 12.1 Å². The summed E-state index contributed by atoms with van der Waals surface area (Å²) in [5, 5.41) is 13.1. The van der Waals surface area contributed by atoms with Crippen molar-refractivity contribution in [1.29, 1.82) is 0 Å². The number of rotatable bonds is 7. The van der Waals surface area contributed by atoms with Gasteiger partial charge in [0, 0.05) is 12.0 Å². The lowest BCUT2D eigenvalue weighted by molar-refractivity contribution is -0.116. The molecular formula is C21H19N5O6. The minimum Gasteiger partial charge on any atom is -0.490 e. The summed E-state index contributed by atoms with van der Waals surface area (Å²) in [5.74, 6) is -0.515. The van der Waals surface area contributed by atoms with Crippen LogP contribution in [0.25, 0.3) is 0 Å². The number of esters is 1. The number of para-hydroxylation sites is 1. The van der Waals surface area contributed by atoms with Crippen LogP contribution in [0.4, 0.5) is 5.69 Å². The number of amides is 1. The molecule has 11 heteroatoms. The van der Waals surface area contributed by atoms with Gasteiger partial charge in [0.05, 0.1) is 24.5 Å². The Morgan fingerprint density at radius 1 is 1.06 bits per heavy atom. The van der Waals surface area contributed by atoms with Gasteiger partial charge in [0.15, 0.2) is 23.9 Å². The molecule has 11 nitrogen and oxygen atoms in total. The van der Waals surface area contributed by atoms with Crippen LogP contribution in [0.1, 0.15) is 27.1 Å². The van der Waals surface area contributed by atoms with Crippen molar-refractivity contribution < 1.29 is 28.6 Å². The third-order valence-electron chi connectivity index (χ3n) is 4.52. The van der Waals surface area contributed by atoms with Crippen LogP contribution in [0.3, 0.4) is 0 Å². The first-order valence-electron chi connectivity index (χ1n) is 9.80. The van der Waals surface area contributed by atoms with Crippen LogP contribution in [-0.4, -0.2) is 57.7 Å². The molecule has 0 radical (unpaired) electrons. The number of carbonyl (C=O) groups excluding carboxylic acids is 3. The number of hydrogen-bond donors (Lipinski definition) is 1. The van der Waals surface area contributed by atoms with Crippen molar-refractivity contribution in [3.8, 4) is 11.5 Å². The monoisotopic (exact) mass is 437 g/mol. The summed E-state index contributed by atoms with van der Waals surface area (Å²) in [4.78, 5) is 37.3. The van der Waals surface area contributed by atoms with Crippen LogP contribution in [0, 0.1) is 0 Å². The number of ether oxygens (including phenoxy) is 3. The lowest BCUT2D eigenvalue weighted by Gasteiger charge is -2.11. The van der Waals surface area contributed by atoms with E-state index in [9.17, 15) is 14.4 Å². The average molecular weight is 437 g/mol. The van der Waals surface area contributed by atoms with Crippen molar-refractivity contribution >= 4 is 23.3 Å². The number of carbonyl (C=O) groups is 3. The van der Waals surface area contributed by atoms with Gasteiger partial charge in [0.1, 0.15) is 12.9 Å². The second kappa shape index (κ2) is 9.69. The zero-order valence-electron chi connectivity index (χ0n) is 16.9. The molecule has 0 bridgehead atoms. The first kappa shape index (κ1) is 21.0. The highest BCUT2D eigenvalue weighted by atomic mass is 16.5. The zero-order chi connectivity index (χ0) is 22.3. The van der Waals surface area contributed by atoms with Crippen molar-refractivity contribution in [3.63, 3.8) is 0 Å². The Bertz CT molecular complexity index is 1130. The van der Waals surface area contributed by atoms with Gasteiger partial charge in [-0.25, -0.2) is 9.48 Å². The molecule has 1 N–H and O–H groups in total. The summed E-state index contributed by atoms with van der Waals surface area (Å²) in [6, 6.07) is 11.2. The fourth-order valence-corrected chi connectivity index (χ4v) is 2.99. The number of fused-ring (bicyclic) bond motifs is 1. The molecule has 2 aromatic carbocycles. The van der Waals surface area contributed by atoms with E-state index in [0.29, 0.717) is 30.3 Å². The molecule has 164 valence electrons. The zero-order valence-corrected chi connectivity index (χ0v) is 16.9. The Hall–Kier alpha value is -4.28. The number of tetrazole rings is 1. The molecular weight excluding hydrogens is 418 g/mol. The highest BCUT2D eigenvalue weighted by Gasteiger charge is 2.18. The molecule has 1 aromatic heterocycles. The van der Waals surface area contributed by atoms with Crippen LogP contribution in [0.2, 0.25) is 0 Å². The number of hydrogen-bond acceptors (Lipinski definition) is 9. The van der Waals surface area contributed by atoms with E-state index in [0.717, 1.165) is 6.42 Å². The average Bonchev–Trinajstić information content (AvgIpc) is 3.19. The third-order valence-corrected chi connectivity index (χ3v) is 4.52. The largest absolute Gasteiger partial charge is 0.490 e. The maximum absolute atomic E-state index is 12.6. The van der Waals surface area contributed by atoms with E-state index in [1.54, 1.807) is 36.4 Å². The SMILES string of the molecule is O=C(Cn1cnnn1)Nc1ccccc1C(=O)OCC(=O)c1ccc2c(c1)OCCCO2. The fraction of sp³-hybridized carbons (Fsp3) is 0.238. The number of anilines is 1. The van der Waals surface area contributed by atoms with Crippen molar-refractivity contribution in [2.24, 2.45) is 0 Å². The lowest BCUT2D eigenvalue weighted by Crippen LogP contribution is -2.21. The number of nitrogens with zero attached hydrogens (tertiary/aromatic N) is 4. The number of ketones is 1. The maximum atomic E-state index is 12.6. The minimum atomic E-state index is -0.744. The fourth-order valence-electron chi connectivity index (χ4n) is 2.99. The van der Waals surface area contributed by atoms with Crippen LogP contribution >= 0.6 is 0 Å². The second-order valence-corrected chi connectivity index (χ2v) is 6.81. The quantitative estimate of drug-likeness (QED) is 0.431. The molecule has 0 saturated carbocycles. The highest BCUT2D eigenvalue weighted by Crippen LogP contribution is 2.30. The van der Waals surface area contributed by atoms with Gasteiger partial charge in [0.25, 0.3) is 0 Å². The Morgan fingerprint density at radius 2 is 1.88 bits per heavy atom. The number of benzene rings is 2. The van der Waals surface area contributed by atoms with Gasteiger partial charge < -0.3 is 19.5 Å². The number of aromatic nitrogens is 4. The number of Topliss-reactive ketones (excluding diaryl/α,β-unsaturated/α-hetero) is 1. The molecule has 4 rings (SSSR count). The minimum absolute atomic E-state index is 0.115. The van der Waals surface area contributed by atoms with Crippen molar-refractivity contribution in [3.05, 3.63) is 59.9 Å². The molecule has 0 spiro atoms.